The number of carbonyl (C=O) groups is 1. The zero-order valence-corrected chi connectivity index (χ0v) is 13.4. The van der Waals surface area contributed by atoms with Crippen LogP contribution in [-0.4, -0.2) is 28.0 Å². The molecule has 0 amide bonds. The number of carboxylic acid groups (broad SMARTS) is 1. The highest BCUT2D eigenvalue weighted by Gasteiger charge is 2.09. The van der Waals surface area contributed by atoms with E-state index >= 15 is 0 Å². The Labute approximate surface area is 129 Å². The molecule has 0 saturated heterocycles. The summed E-state index contributed by atoms with van der Waals surface area (Å²) >= 11 is 1.70. The van der Waals surface area contributed by atoms with Crippen LogP contribution in [0.3, 0.4) is 0 Å². The Balaban J connectivity index is 1.99. The van der Waals surface area contributed by atoms with Crippen molar-refractivity contribution in [3.8, 4) is 0 Å². The molecule has 2 aromatic rings. The predicted octanol–water partition coefficient (Wildman–Crippen LogP) is 3.60. The minimum absolute atomic E-state index is 0.330. The highest BCUT2D eigenvalue weighted by molar-refractivity contribution is 7.09. The van der Waals surface area contributed by atoms with Crippen LogP contribution in [0.5, 0.6) is 0 Å². The van der Waals surface area contributed by atoms with Crippen molar-refractivity contribution in [3.63, 3.8) is 0 Å². The Morgan fingerprint density at radius 1 is 1.38 bits per heavy atom. The first-order chi connectivity index (χ1) is 9.95. The number of aromatic carboxylic acids is 1. The second-order valence-corrected chi connectivity index (χ2v) is 6.40. The van der Waals surface area contributed by atoms with E-state index in [0.29, 0.717) is 18.0 Å². The summed E-state index contributed by atoms with van der Waals surface area (Å²) in [5, 5.41) is 12.3. The third kappa shape index (κ3) is 4.37. The zero-order chi connectivity index (χ0) is 15.4. The normalized spacial score (nSPS) is 11.3. The van der Waals surface area contributed by atoms with Crippen LogP contribution < -0.4 is 0 Å². The molecular weight excluding hydrogens is 284 g/mol. The second-order valence-electron chi connectivity index (χ2n) is 5.51. The Morgan fingerprint density at radius 3 is 2.76 bits per heavy atom. The highest BCUT2D eigenvalue weighted by atomic mass is 32.1. The van der Waals surface area contributed by atoms with Crippen molar-refractivity contribution in [3.05, 3.63) is 51.5 Å². The molecule has 0 aliphatic carbocycles. The van der Waals surface area contributed by atoms with Gasteiger partial charge < -0.3 is 5.11 Å². The van der Waals surface area contributed by atoms with Gasteiger partial charge in [0.1, 0.15) is 0 Å². The van der Waals surface area contributed by atoms with E-state index in [1.54, 1.807) is 29.5 Å². The standard InChI is InChI=1S/C16H20N2O2S/c1-11(2)15-17-14(10-21-15)9-18(3)8-12-5-4-6-13(7-12)16(19)20/h4-7,10-11H,8-9H2,1-3H3,(H,19,20). The number of benzene rings is 1. The van der Waals surface area contributed by atoms with Gasteiger partial charge in [-0.05, 0) is 24.7 Å². The Bertz CT molecular complexity index is 622. The van der Waals surface area contributed by atoms with E-state index < -0.39 is 5.97 Å². The predicted molar refractivity (Wildman–Crippen MR) is 84.8 cm³/mol. The lowest BCUT2D eigenvalue weighted by Gasteiger charge is -2.15. The molecule has 2 rings (SSSR count). The van der Waals surface area contributed by atoms with Crippen molar-refractivity contribution >= 4 is 17.3 Å². The minimum atomic E-state index is -0.888. The quantitative estimate of drug-likeness (QED) is 0.886. The Kier molecular flexibility index (Phi) is 5.09. The van der Waals surface area contributed by atoms with Gasteiger partial charge in [0, 0.05) is 24.4 Å². The molecule has 0 spiro atoms. The smallest absolute Gasteiger partial charge is 0.335 e. The van der Waals surface area contributed by atoms with Gasteiger partial charge in [-0.2, -0.15) is 0 Å². The highest BCUT2D eigenvalue weighted by Crippen LogP contribution is 2.20. The lowest BCUT2D eigenvalue weighted by Crippen LogP contribution is -2.17. The SMILES string of the molecule is CC(C)c1nc(CN(C)Cc2cccc(C(=O)O)c2)cs1. The maximum absolute atomic E-state index is 11.0. The number of aromatic nitrogens is 1. The van der Waals surface area contributed by atoms with Gasteiger partial charge in [-0.1, -0.05) is 26.0 Å². The topological polar surface area (TPSA) is 53.4 Å². The molecule has 0 aliphatic rings. The maximum Gasteiger partial charge on any atom is 0.335 e. The summed E-state index contributed by atoms with van der Waals surface area (Å²) in [6, 6.07) is 7.07. The van der Waals surface area contributed by atoms with Gasteiger partial charge in [0.05, 0.1) is 16.3 Å². The van der Waals surface area contributed by atoms with E-state index in [1.807, 2.05) is 13.1 Å². The number of carboxylic acids is 1. The molecule has 1 aromatic carbocycles. The van der Waals surface area contributed by atoms with E-state index in [9.17, 15) is 4.79 Å². The maximum atomic E-state index is 11.0. The largest absolute Gasteiger partial charge is 0.478 e. The molecule has 21 heavy (non-hydrogen) atoms. The van der Waals surface area contributed by atoms with Crippen molar-refractivity contribution in [2.24, 2.45) is 0 Å². The molecule has 0 radical (unpaired) electrons. The number of hydrogen-bond donors (Lipinski definition) is 1. The molecule has 0 saturated carbocycles. The third-order valence-corrected chi connectivity index (χ3v) is 4.32. The molecule has 0 bridgehead atoms. The number of nitrogens with zero attached hydrogens (tertiary/aromatic N) is 2. The molecule has 112 valence electrons. The molecule has 1 N–H and O–H groups in total. The van der Waals surface area contributed by atoms with Gasteiger partial charge in [0.15, 0.2) is 0 Å². The first-order valence-electron chi connectivity index (χ1n) is 6.90. The molecule has 4 nitrogen and oxygen atoms in total. The monoisotopic (exact) mass is 304 g/mol. The van der Waals surface area contributed by atoms with Gasteiger partial charge >= 0.3 is 5.97 Å². The molecule has 0 atom stereocenters. The van der Waals surface area contributed by atoms with Crippen molar-refractivity contribution in [1.82, 2.24) is 9.88 Å². The lowest BCUT2D eigenvalue weighted by molar-refractivity contribution is 0.0696. The molecule has 0 aliphatic heterocycles. The van der Waals surface area contributed by atoms with E-state index in [0.717, 1.165) is 22.8 Å². The summed E-state index contributed by atoms with van der Waals surface area (Å²) in [4.78, 5) is 17.7. The van der Waals surface area contributed by atoms with Crippen molar-refractivity contribution in [1.29, 1.82) is 0 Å². The third-order valence-electron chi connectivity index (χ3n) is 3.12. The van der Waals surface area contributed by atoms with Crippen LogP contribution in [0.15, 0.2) is 29.6 Å². The van der Waals surface area contributed by atoms with Crippen LogP contribution in [0.4, 0.5) is 0 Å². The van der Waals surface area contributed by atoms with Crippen LogP contribution in [0.1, 0.15) is 46.4 Å². The van der Waals surface area contributed by atoms with E-state index in [-0.39, 0.29) is 0 Å². The fourth-order valence-electron chi connectivity index (χ4n) is 2.11. The van der Waals surface area contributed by atoms with E-state index in [1.165, 1.54) is 0 Å². The second kappa shape index (κ2) is 6.83. The minimum Gasteiger partial charge on any atom is -0.478 e. The summed E-state index contributed by atoms with van der Waals surface area (Å²) in [6.07, 6.45) is 0. The summed E-state index contributed by atoms with van der Waals surface area (Å²) in [5.41, 5.74) is 2.40. The number of rotatable bonds is 6. The number of thiazole rings is 1. The molecular formula is C16H20N2O2S. The first-order valence-corrected chi connectivity index (χ1v) is 7.78. The molecule has 5 heteroatoms. The van der Waals surface area contributed by atoms with Gasteiger partial charge in [0.25, 0.3) is 0 Å². The fourth-order valence-corrected chi connectivity index (χ4v) is 2.93. The van der Waals surface area contributed by atoms with E-state index in [2.05, 4.69) is 29.1 Å². The summed E-state index contributed by atoms with van der Waals surface area (Å²) in [5.74, 6) is -0.429. The van der Waals surface area contributed by atoms with Gasteiger partial charge in [-0.25, -0.2) is 9.78 Å². The van der Waals surface area contributed by atoms with Crippen LogP contribution in [0, 0.1) is 0 Å². The van der Waals surface area contributed by atoms with Crippen molar-refractivity contribution < 1.29 is 9.90 Å². The van der Waals surface area contributed by atoms with Crippen LogP contribution in [-0.2, 0) is 13.1 Å². The van der Waals surface area contributed by atoms with Crippen LogP contribution >= 0.6 is 11.3 Å². The molecule has 1 heterocycles. The van der Waals surface area contributed by atoms with Crippen molar-refractivity contribution in [2.45, 2.75) is 32.9 Å². The molecule has 0 unspecified atom stereocenters. The van der Waals surface area contributed by atoms with Crippen molar-refractivity contribution in [2.75, 3.05) is 7.05 Å². The van der Waals surface area contributed by atoms with Crippen LogP contribution in [0.25, 0.3) is 0 Å². The zero-order valence-electron chi connectivity index (χ0n) is 12.5. The molecule has 1 aromatic heterocycles. The van der Waals surface area contributed by atoms with Crippen LogP contribution in [0.2, 0.25) is 0 Å². The summed E-state index contributed by atoms with van der Waals surface area (Å²) in [6.45, 7) is 5.75. The molecule has 0 fully saturated rings. The summed E-state index contributed by atoms with van der Waals surface area (Å²) in [7, 11) is 2.02. The van der Waals surface area contributed by atoms with Gasteiger partial charge in [0.2, 0.25) is 0 Å². The average molecular weight is 304 g/mol. The van der Waals surface area contributed by atoms with E-state index in [4.69, 9.17) is 5.11 Å². The van der Waals surface area contributed by atoms with Gasteiger partial charge in [-0.3, -0.25) is 4.90 Å². The summed E-state index contributed by atoms with van der Waals surface area (Å²) < 4.78 is 0. The first kappa shape index (κ1) is 15.7. The lowest BCUT2D eigenvalue weighted by atomic mass is 10.1. The fraction of sp³-hybridized carbons (Fsp3) is 0.375. The van der Waals surface area contributed by atoms with Gasteiger partial charge in [-0.15, -0.1) is 11.3 Å². The number of hydrogen-bond acceptors (Lipinski definition) is 4. The Morgan fingerprint density at radius 2 is 2.14 bits per heavy atom. The average Bonchev–Trinajstić information content (AvgIpc) is 2.87. The Hall–Kier alpha value is -1.72.